The molecule has 6 heteroatoms. The van der Waals surface area contributed by atoms with Gasteiger partial charge in [-0.1, -0.05) is 24.9 Å². The molecule has 1 nitrogen and oxygen atoms in total. The van der Waals surface area contributed by atoms with Crippen molar-refractivity contribution in [2.75, 3.05) is 0 Å². The van der Waals surface area contributed by atoms with Crippen LogP contribution in [0, 0.1) is 5.82 Å². The largest absolute Gasteiger partial charge is 0.513 e. The molecule has 1 unspecified atom stereocenters. The minimum absolute atomic E-state index is 0.362. The Morgan fingerprint density at radius 2 is 1.94 bits per heavy atom. The van der Waals surface area contributed by atoms with Crippen LogP contribution in [0.1, 0.15) is 26.7 Å². The van der Waals surface area contributed by atoms with Crippen molar-refractivity contribution in [3.63, 3.8) is 0 Å². The lowest BCUT2D eigenvalue weighted by molar-refractivity contribution is 0.210. The van der Waals surface area contributed by atoms with Gasteiger partial charge >= 0.3 is 6.98 Å². The molecule has 0 saturated heterocycles. The van der Waals surface area contributed by atoms with Crippen molar-refractivity contribution in [3.8, 4) is 5.75 Å². The molecule has 1 rings (SSSR count). The Labute approximate surface area is 97.8 Å². The maximum atomic E-state index is 12.9. The molecule has 17 heavy (non-hydrogen) atoms. The Kier molecular flexibility index (Phi) is 4.43. The minimum Gasteiger partial charge on any atom is -0.494 e. The van der Waals surface area contributed by atoms with E-state index >= 15 is 0 Å². The highest BCUT2D eigenvalue weighted by molar-refractivity contribution is 6.74. The molecule has 1 atom stereocenters. The fourth-order valence-electron chi connectivity index (χ4n) is 1.56. The summed E-state index contributed by atoms with van der Waals surface area (Å²) >= 11 is 0. The van der Waals surface area contributed by atoms with Gasteiger partial charge in [-0.25, -0.2) is 4.39 Å². The number of rotatable bonds is 5. The topological polar surface area (TPSA) is 9.23 Å². The first-order chi connectivity index (χ1) is 7.84. The van der Waals surface area contributed by atoms with E-state index in [1.807, 2.05) is 6.92 Å². The maximum absolute atomic E-state index is 12.9. The molecule has 0 heterocycles. The predicted molar refractivity (Wildman–Crippen MR) is 60.1 cm³/mol. The summed E-state index contributed by atoms with van der Waals surface area (Å²) in [5.74, 6) is -1.15. The van der Waals surface area contributed by atoms with Gasteiger partial charge in [0, 0.05) is 6.07 Å². The smallest absolute Gasteiger partial charge is 0.494 e. The first kappa shape index (κ1) is 13.9. The molecule has 0 N–H and O–H groups in total. The zero-order chi connectivity index (χ0) is 13.1. The molecule has 0 aromatic heterocycles. The summed E-state index contributed by atoms with van der Waals surface area (Å²) in [4.78, 5) is 0. The monoisotopic (exact) mass is 249 g/mol. The van der Waals surface area contributed by atoms with Gasteiger partial charge in [-0.05, 0) is 19.4 Å². The first-order valence-corrected chi connectivity index (χ1v) is 5.50. The maximum Gasteiger partial charge on any atom is 0.513 e. The molecule has 0 aliphatic heterocycles. The summed E-state index contributed by atoms with van der Waals surface area (Å²) in [5.41, 5.74) is -0.880. The van der Waals surface area contributed by atoms with Crippen LogP contribution in [-0.4, -0.2) is 13.1 Å². The molecule has 0 fully saturated rings. The van der Waals surface area contributed by atoms with Crippen molar-refractivity contribution in [1.29, 1.82) is 0 Å². The molecule has 0 amide bonds. The van der Waals surface area contributed by atoms with E-state index < -0.39 is 24.0 Å². The molecule has 0 aliphatic rings. The van der Waals surface area contributed by atoms with Crippen LogP contribution in [0.2, 0.25) is 0 Å². The quantitative estimate of drug-likeness (QED) is 0.573. The van der Waals surface area contributed by atoms with Gasteiger partial charge in [0.25, 0.3) is 0 Å². The van der Waals surface area contributed by atoms with E-state index in [9.17, 15) is 17.3 Å². The Morgan fingerprint density at radius 3 is 2.47 bits per heavy atom. The Bertz CT molecular complexity index is 378. The second-order valence-electron chi connectivity index (χ2n) is 3.97. The molecule has 0 saturated carbocycles. The Hall–Kier alpha value is -1.20. The second kappa shape index (κ2) is 5.43. The Balaban J connectivity index is 2.99. The van der Waals surface area contributed by atoms with E-state index in [0.717, 1.165) is 24.6 Å². The van der Waals surface area contributed by atoms with Crippen molar-refractivity contribution in [3.05, 3.63) is 24.0 Å². The number of halogens is 4. The fourth-order valence-corrected chi connectivity index (χ4v) is 1.56. The van der Waals surface area contributed by atoms with Crippen molar-refractivity contribution >= 4 is 12.4 Å². The van der Waals surface area contributed by atoms with Crippen LogP contribution < -0.4 is 10.2 Å². The van der Waals surface area contributed by atoms with Gasteiger partial charge < -0.3 is 17.7 Å². The van der Waals surface area contributed by atoms with Gasteiger partial charge in [0.1, 0.15) is 5.82 Å². The number of hydrogen-bond acceptors (Lipinski definition) is 1. The minimum atomic E-state index is -5.19. The fraction of sp³-hybridized carbons (Fsp3) is 0.455. The number of benzene rings is 1. The molecular formula is C11H14BF4O-. The third-order valence-corrected chi connectivity index (χ3v) is 2.35. The molecule has 1 aromatic rings. The molecule has 0 aliphatic carbocycles. The third kappa shape index (κ3) is 3.95. The van der Waals surface area contributed by atoms with Gasteiger partial charge in [-0.3, -0.25) is 0 Å². The van der Waals surface area contributed by atoms with Gasteiger partial charge in [0.15, 0.2) is 0 Å². The highest BCUT2D eigenvalue weighted by Crippen LogP contribution is 2.20. The summed E-state index contributed by atoms with van der Waals surface area (Å²) in [6, 6.07) is 2.31. The molecule has 96 valence electrons. The molecule has 1 aromatic carbocycles. The van der Waals surface area contributed by atoms with Crippen LogP contribution in [-0.2, 0) is 0 Å². The molecule has 0 radical (unpaired) electrons. The SMILES string of the molecule is CCCC(C)Oc1cc(F)ccc1[B-](F)(F)F. The van der Waals surface area contributed by atoms with Gasteiger partial charge in [-0.2, -0.15) is 0 Å². The first-order valence-electron chi connectivity index (χ1n) is 5.50. The van der Waals surface area contributed by atoms with Crippen LogP contribution >= 0.6 is 0 Å². The standard InChI is InChI=1S/C11H14BF4O/c1-3-4-8(2)17-11-7-9(13)5-6-10(11)12(14,15)16/h5-8H,3-4H2,1-2H3/q-1. The van der Waals surface area contributed by atoms with Crippen molar-refractivity contribution < 1.29 is 22.1 Å². The van der Waals surface area contributed by atoms with E-state index in [1.165, 1.54) is 0 Å². The number of hydrogen-bond donors (Lipinski definition) is 0. The summed E-state index contributed by atoms with van der Waals surface area (Å²) in [6.45, 7) is -1.61. The van der Waals surface area contributed by atoms with E-state index in [-0.39, 0.29) is 6.10 Å². The highest BCUT2D eigenvalue weighted by atomic mass is 19.4. The number of ether oxygens (including phenoxy) is 1. The van der Waals surface area contributed by atoms with E-state index in [1.54, 1.807) is 6.92 Å². The lowest BCUT2D eigenvalue weighted by Gasteiger charge is -2.22. The van der Waals surface area contributed by atoms with Crippen LogP contribution in [0.25, 0.3) is 0 Å². The molecular weight excluding hydrogens is 235 g/mol. The lowest BCUT2D eigenvalue weighted by atomic mass is 9.79. The van der Waals surface area contributed by atoms with Crippen molar-refractivity contribution in [2.45, 2.75) is 32.8 Å². The zero-order valence-corrected chi connectivity index (χ0v) is 9.72. The lowest BCUT2D eigenvalue weighted by Crippen LogP contribution is -2.36. The zero-order valence-electron chi connectivity index (χ0n) is 9.72. The van der Waals surface area contributed by atoms with Gasteiger partial charge in [0.05, 0.1) is 11.9 Å². The van der Waals surface area contributed by atoms with Crippen molar-refractivity contribution in [2.24, 2.45) is 0 Å². The van der Waals surface area contributed by atoms with E-state index in [0.29, 0.717) is 6.42 Å². The van der Waals surface area contributed by atoms with Crippen LogP contribution in [0.15, 0.2) is 18.2 Å². The highest BCUT2D eigenvalue weighted by Gasteiger charge is 2.29. The normalized spacial score (nSPS) is 13.5. The second-order valence-corrected chi connectivity index (χ2v) is 3.97. The molecule has 0 spiro atoms. The van der Waals surface area contributed by atoms with E-state index in [4.69, 9.17) is 4.74 Å². The summed E-state index contributed by atoms with van der Waals surface area (Å²) < 4.78 is 56.1. The Morgan fingerprint density at radius 1 is 1.29 bits per heavy atom. The van der Waals surface area contributed by atoms with E-state index in [2.05, 4.69) is 0 Å². The average Bonchev–Trinajstić information content (AvgIpc) is 2.15. The third-order valence-electron chi connectivity index (χ3n) is 2.35. The van der Waals surface area contributed by atoms with Crippen LogP contribution in [0.4, 0.5) is 17.3 Å². The average molecular weight is 249 g/mol. The summed E-state index contributed by atoms with van der Waals surface area (Å²) in [6.07, 6.45) is 1.06. The molecule has 0 bridgehead atoms. The van der Waals surface area contributed by atoms with Crippen LogP contribution in [0.3, 0.4) is 0 Å². The van der Waals surface area contributed by atoms with Gasteiger partial charge in [0.2, 0.25) is 0 Å². The van der Waals surface area contributed by atoms with Gasteiger partial charge in [-0.15, -0.1) is 0 Å². The van der Waals surface area contributed by atoms with Crippen molar-refractivity contribution in [1.82, 2.24) is 0 Å². The predicted octanol–water partition coefficient (Wildman–Crippen LogP) is 3.45. The summed E-state index contributed by atoms with van der Waals surface area (Å²) in [5, 5.41) is 0. The van der Waals surface area contributed by atoms with Crippen LogP contribution in [0.5, 0.6) is 5.75 Å². The summed E-state index contributed by atoms with van der Waals surface area (Å²) in [7, 11) is 0.